The lowest BCUT2D eigenvalue weighted by molar-refractivity contribution is -0.137. The maximum absolute atomic E-state index is 12.6. The average Bonchev–Trinajstić information content (AvgIpc) is 2.47. The number of halogens is 3. The number of hydrogen-bond donors (Lipinski definition) is 2. The average molecular weight is 294 g/mol. The molecule has 1 amide bonds. The van der Waals surface area contributed by atoms with Crippen molar-refractivity contribution in [1.82, 2.24) is 0 Å². The van der Waals surface area contributed by atoms with E-state index in [-0.39, 0.29) is 5.69 Å². The molecule has 0 saturated heterocycles. The van der Waals surface area contributed by atoms with E-state index in [2.05, 4.69) is 10.6 Å². The molecule has 0 radical (unpaired) electrons. The predicted octanol–water partition coefficient (Wildman–Crippen LogP) is 4.00. The second-order valence-electron chi connectivity index (χ2n) is 4.36. The molecule has 0 aliphatic rings. The third kappa shape index (κ3) is 3.75. The van der Waals surface area contributed by atoms with Gasteiger partial charge in [0.1, 0.15) is 0 Å². The Kier molecular flexibility index (Phi) is 4.16. The third-order valence-electron chi connectivity index (χ3n) is 2.88. The van der Waals surface area contributed by atoms with Crippen LogP contribution in [-0.4, -0.2) is 13.0 Å². The standard InChI is InChI=1S/C15H13F3N2O/c1-19-12-7-5-10(6-8-12)14(21)20-13-4-2-3-11(9-13)15(16,17)18/h2-9,19H,1H3,(H,20,21). The van der Waals surface area contributed by atoms with E-state index in [0.717, 1.165) is 17.8 Å². The molecule has 0 saturated carbocycles. The van der Waals surface area contributed by atoms with Crippen LogP contribution in [0.4, 0.5) is 24.5 Å². The van der Waals surface area contributed by atoms with Gasteiger partial charge in [0.15, 0.2) is 0 Å². The van der Waals surface area contributed by atoms with E-state index in [0.29, 0.717) is 5.56 Å². The van der Waals surface area contributed by atoms with E-state index < -0.39 is 17.6 Å². The van der Waals surface area contributed by atoms with Crippen LogP contribution in [0.25, 0.3) is 0 Å². The molecule has 0 spiro atoms. The first-order valence-electron chi connectivity index (χ1n) is 6.16. The van der Waals surface area contributed by atoms with E-state index >= 15 is 0 Å². The molecule has 21 heavy (non-hydrogen) atoms. The summed E-state index contributed by atoms with van der Waals surface area (Å²) in [6.45, 7) is 0. The minimum Gasteiger partial charge on any atom is -0.388 e. The Bertz CT molecular complexity index is 636. The van der Waals surface area contributed by atoms with Crippen LogP contribution in [0.1, 0.15) is 15.9 Å². The summed E-state index contributed by atoms with van der Waals surface area (Å²) >= 11 is 0. The third-order valence-corrected chi connectivity index (χ3v) is 2.88. The van der Waals surface area contributed by atoms with Crippen LogP contribution in [0, 0.1) is 0 Å². The van der Waals surface area contributed by atoms with Gasteiger partial charge in [0.2, 0.25) is 0 Å². The fourth-order valence-electron chi connectivity index (χ4n) is 1.76. The van der Waals surface area contributed by atoms with Gasteiger partial charge in [0.05, 0.1) is 5.56 Å². The topological polar surface area (TPSA) is 41.1 Å². The number of carbonyl (C=O) groups excluding carboxylic acids is 1. The van der Waals surface area contributed by atoms with Gasteiger partial charge in [-0.2, -0.15) is 13.2 Å². The number of hydrogen-bond acceptors (Lipinski definition) is 2. The molecule has 3 nitrogen and oxygen atoms in total. The summed E-state index contributed by atoms with van der Waals surface area (Å²) in [5.41, 5.74) is 0.510. The van der Waals surface area contributed by atoms with Crippen molar-refractivity contribution in [2.75, 3.05) is 17.7 Å². The molecule has 0 aliphatic carbocycles. The highest BCUT2D eigenvalue weighted by Crippen LogP contribution is 2.30. The summed E-state index contributed by atoms with van der Waals surface area (Å²) in [7, 11) is 1.75. The molecule has 0 aromatic heterocycles. The first-order valence-corrected chi connectivity index (χ1v) is 6.16. The van der Waals surface area contributed by atoms with E-state index in [9.17, 15) is 18.0 Å². The van der Waals surface area contributed by atoms with Crippen LogP contribution >= 0.6 is 0 Å². The maximum Gasteiger partial charge on any atom is 0.416 e. The highest BCUT2D eigenvalue weighted by atomic mass is 19.4. The summed E-state index contributed by atoms with van der Waals surface area (Å²) in [4.78, 5) is 12.0. The summed E-state index contributed by atoms with van der Waals surface area (Å²) in [5.74, 6) is -0.461. The minimum absolute atomic E-state index is 0.104. The Hall–Kier alpha value is -2.50. The number of benzene rings is 2. The Morgan fingerprint density at radius 1 is 1.00 bits per heavy atom. The van der Waals surface area contributed by atoms with Gasteiger partial charge < -0.3 is 10.6 Å². The molecule has 2 aromatic rings. The van der Waals surface area contributed by atoms with E-state index in [1.54, 1.807) is 31.3 Å². The number of anilines is 2. The van der Waals surface area contributed by atoms with Crippen molar-refractivity contribution in [3.8, 4) is 0 Å². The summed E-state index contributed by atoms with van der Waals surface area (Å²) < 4.78 is 37.8. The summed E-state index contributed by atoms with van der Waals surface area (Å²) in [5, 5.41) is 5.36. The second kappa shape index (κ2) is 5.87. The molecule has 0 bridgehead atoms. The van der Waals surface area contributed by atoms with Crippen LogP contribution in [-0.2, 0) is 6.18 Å². The lowest BCUT2D eigenvalue weighted by Gasteiger charge is -2.10. The zero-order chi connectivity index (χ0) is 15.5. The first-order chi connectivity index (χ1) is 9.90. The number of rotatable bonds is 3. The Morgan fingerprint density at radius 2 is 1.67 bits per heavy atom. The molecule has 6 heteroatoms. The largest absolute Gasteiger partial charge is 0.416 e. The van der Waals surface area contributed by atoms with Gasteiger partial charge in [-0.3, -0.25) is 4.79 Å². The smallest absolute Gasteiger partial charge is 0.388 e. The zero-order valence-corrected chi connectivity index (χ0v) is 11.2. The van der Waals surface area contributed by atoms with E-state index in [1.165, 1.54) is 12.1 Å². The van der Waals surface area contributed by atoms with Crippen molar-refractivity contribution in [2.24, 2.45) is 0 Å². The molecule has 110 valence electrons. The van der Waals surface area contributed by atoms with Gasteiger partial charge in [-0.15, -0.1) is 0 Å². The molecule has 2 aromatic carbocycles. The van der Waals surface area contributed by atoms with Gasteiger partial charge >= 0.3 is 6.18 Å². The first kappa shape index (κ1) is 14.9. The minimum atomic E-state index is -4.44. The second-order valence-corrected chi connectivity index (χ2v) is 4.36. The monoisotopic (exact) mass is 294 g/mol. The van der Waals surface area contributed by atoms with Crippen molar-refractivity contribution in [1.29, 1.82) is 0 Å². The Morgan fingerprint density at radius 3 is 2.24 bits per heavy atom. The highest BCUT2D eigenvalue weighted by molar-refractivity contribution is 6.04. The Labute approximate surface area is 119 Å². The molecule has 0 heterocycles. The van der Waals surface area contributed by atoms with Gasteiger partial charge in [-0.25, -0.2) is 0 Å². The fourth-order valence-corrected chi connectivity index (χ4v) is 1.76. The SMILES string of the molecule is CNc1ccc(C(=O)Nc2cccc(C(F)(F)F)c2)cc1. The number of amides is 1. The molecule has 0 atom stereocenters. The maximum atomic E-state index is 12.6. The van der Waals surface area contributed by atoms with Crippen LogP contribution in [0.3, 0.4) is 0 Å². The normalized spacial score (nSPS) is 11.0. The van der Waals surface area contributed by atoms with Crippen molar-refractivity contribution in [2.45, 2.75) is 6.18 Å². The van der Waals surface area contributed by atoms with Crippen LogP contribution in [0.15, 0.2) is 48.5 Å². The van der Waals surface area contributed by atoms with Gasteiger partial charge in [-0.05, 0) is 42.5 Å². The molecule has 0 fully saturated rings. The number of carbonyl (C=O) groups is 1. The molecule has 0 unspecified atom stereocenters. The molecular weight excluding hydrogens is 281 g/mol. The van der Waals surface area contributed by atoms with Gasteiger partial charge in [0, 0.05) is 24.0 Å². The summed E-state index contributed by atoms with van der Waals surface area (Å²) in [6.07, 6.45) is -4.44. The Balaban J connectivity index is 2.15. The van der Waals surface area contributed by atoms with Crippen LogP contribution < -0.4 is 10.6 Å². The van der Waals surface area contributed by atoms with E-state index in [4.69, 9.17) is 0 Å². The molecular formula is C15H13F3N2O. The molecule has 2 rings (SSSR count). The van der Waals surface area contributed by atoms with Gasteiger partial charge in [0.25, 0.3) is 5.91 Å². The van der Waals surface area contributed by atoms with Crippen LogP contribution in [0.5, 0.6) is 0 Å². The lowest BCUT2D eigenvalue weighted by atomic mass is 10.1. The number of alkyl halides is 3. The predicted molar refractivity (Wildman–Crippen MR) is 75.4 cm³/mol. The molecule has 2 N–H and O–H groups in total. The number of nitrogens with one attached hydrogen (secondary N) is 2. The van der Waals surface area contributed by atoms with E-state index in [1.807, 2.05) is 0 Å². The van der Waals surface area contributed by atoms with Crippen molar-refractivity contribution in [3.05, 3.63) is 59.7 Å². The van der Waals surface area contributed by atoms with Crippen LogP contribution in [0.2, 0.25) is 0 Å². The summed E-state index contributed by atoms with van der Waals surface area (Å²) in [6, 6.07) is 11.1. The van der Waals surface area contributed by atoms with Crippen molar-refractivity contribution in [3.63, 3.8) is 0 Å². The van der Waals surface area contributed by atoms with Crippen molar-refractivity contribution >= 4 is 17.3 Å². The lowest BCUT2D eigenvalue weighted by Crippen LogP contribution is -2.13. The van der Waals surface area contributed by atoms with Gasteiger partial charge in [-0.1, -0.05) is 6.07 Å². The fraction of sp³-hybridized carbons (Fsp3) is 0.133. The highest BCUT2D eigenvalue weighted by Gasteiger charge is 2.30. The molecule has 0 aliphatic heterocycles. The quantitative estimate of drug-likeness (QED) is 0.898. The van der Waals surface area contributed by atoms with Crippen molar-refractivity contribution < 1.29 is 18.0 Å². The zero-order valence-electron chi connectivity index (χ0n) is 11.2.